The molecule has 2 aromatic heterocycles. The molecule has 0 unspecified atom stereocenters. The van der Waals surface area contributed by atoms with E-state index in [0.29, 0.717) is 18.3 Å². The number of amides is 1. The quantitative estimate of drug-likeness (QED) is 0.456. The molecule has 1 saturated carbocycles. The molecule has 0 bridgehead atoms. The van der Waals surface area contributed by atoms with Crippen LogP contribution in [0.15, 0.2) is 73.1 Å². The first-order valence-corrected chi connectivity index (χ1v) is 11.1. The average molecular weight is 427 g/mol. The second-order valence-corrected chi connectivity index (χ2v) is 8.21. The van der Waals surface area contributed by atoms with E-state index in [2.05, 4.69) is 27.1 Å². The van der Waals surface area contributed by atoms with E-state index >= 15 is 0 Å². The number of ether oxygens (including phenoxy) is 1. The van der Waals surface area contributed by atoms with E-state index in [9.17, 15) is 4.79 Å². The van der Waals surface area contributed by atoms with Crippen molar-refractivity contribution in [3.05, 3.63) is 78.8 Å². The van der Waals surface area contributed by atoms with Gasteiger partial charge in [0.1, 0.15) is 5.75 Å². The lowest BCUT2D eigenvalue weighted by molar-refractivity contribution is -0.123. The van der Waals surface area contributed by atoms with E-state index in [0.717, 1.165) is 40.6 Å². The Morgan fingerprint density at radius 2 is 1.78 bits per heavy atom. The summed E-state index contributed by atoms with van der Waals surface area (Å²) in [4.78, 5) is 16.5. The summed E-state index contributed by atoms with van der Waals surface area (Å²) in [5.74, 6) is 0.517. The topological polar surface area (TPSA) is 69.0 Å². The third-order valence-electron chi connectivity index (χ3n) is 5.99. The Morgan fingerprint density at radius 3 is 2.59 bits per heavy atom. The summed E-state index contributed by atoms with van der Waals surface area (Å²) in [7, 11) is 0. The van der Waals surface area contributed by atoms with Crippen molar-refractivity contribution < 1.29 is 9.53 Å². The fourth-order valence-corrected chi connectivity index (χ4v) is 4.34. The maximum atomic E-state index is 12.4. The normalized spacial score (nSPS) is 14.0. The number of hydrogen-bond acceptors (Lipinski definition) is 4. The lowest BCUT2D eigenvalue weighted by Gasteiger charge is -2.14. The summed E-state index contributed by atoms with van der Waals surface area (Å²) in [5.41, 5.74) is 3.02. The Bertz CT molecular complexity index is 1210. The molecule has 0 radical (unpaired) electrons. The SMILES string of the molecule is O=C(COc1ccc2ccccc2c1)NCc1cc(-c2ccncc2)n(C2CCCC2)n1. The van der Waals surface area contributed by atoms with Gasteiger partial charge in [0.25, 0.3) is 5.91 Å². The lowest BCUT2D eigenvalue weighted by atomic mass is 10.1. The number of carbonyl (C=O) groups is 1. The highest BCUT2D eigenvalue weighted by Gasteiger charge is 2.22. The number of benzene rings is 2. The third-order valence-corrected chi connectivity index (χ3v) is 5.99. The Hall–Kier alpha value is -3.67. The minimum absolute atomic E-state index is 0.0289. The van der Waals surface area contributed by atoms with Gasteiger partial charge >= 0.3 is 0 Å². The van der Waals surface area contributed by atoms with Crippen molar-refractivity contribution >= 4 is 16.7 Å². The smallest absolute Gasteiger partial charge is 0.258 e. The van der Waals surface area contributed by atoms with Crippen LogP contribution in [0, 0.1) is 0 Å². The molecule has 6 heteroatoms. The van der Waals surface area contributed by atoms with Crippen LogP contribution in [0.25, 0.3) is 22.0 Å². The van der Waals surface area contributed by atoms with Gasteiger partial charge < -0.3 is 10.1 Å². The van der Waals surface area contributed by atoms with Crippen molar-refractivity contribution in [1.82, 2.24) is 20.1 Å². The van der Waals surface area contributed by atoms with Gasteiger partial charge in [-0.15, -0.1) is 0 Å². The number of fused-ring (bicyclic) bond motifs is 1. The number of hydrogen-bond donors (Lipinski definition) is 1. The maximum absolute atomic E-state index is 12.4. The molecular formula is C26H26N4O2. The van der Waals surface area contributed by atoms with E-state index in [4.69, 9.17) is 9.84 Å². The largest absolute Gasteiger partial charge is 0.484 e. The lowest BCUT2D eigenvalue weighted by Crippen LogP contribution is -2.28. The maximum Gasteiger partial charge on any atom is 0.258 e. The molecule has 0 aliphatic heterocycles. The monoisotopic (exact) mass is 426 g/mol. The number of nitrogens with one attached hydrogen (secondary N) is 1. The van der Waals surface area contributed by atoms with Crippen LogP contribution in [-0.4, -0.2) is 27.3 Å². The Kier molecular flexibility index (Phi) is 5.83. The molecule has 1 aliphatic rings. The molecule has 1 amide bonds. The summed E-state index contributed by atoms with van der Waals surface area (Å²) < 4.78 is 7.83. The van der Waals surface area contributed by atoms with E-state index in [-0.39, 0.29) is 12.5 Å². The summed E-state index contributed by atoms with van der Waals surface area (Å²) in [5, 5.41) is 10.0. The van der Waals surface area contributed by atoms with Crippen LogP contribution in [0.2, 0.25) is 0 Å². The summed E-state index contributed by atoms with van der Waals surface area (Å²) in [6.45, 7) is 0.344. The second-order valence-electron chi connectivity index (χ2n) is 8.21. The summed E-state index contributed by atoms with van der Waals surface area (Å²) >= 11 is 0. The first-order chi connectivity index (χ1) is 15.8. The zero-order chi connectivity index (χ0) is 21.8. The second kappa shape index (κ2) is 9.22. The molecule has 32 heavy (non-hydrogen) atoms. The molecule has 6 nitrogen and oxygen atoms in total. The van der Waals surface area contributed by atoms with Crippen molar-refractivity contribution in [2.24, 2.45) is 0 Å². The van der Waals surface area contributed by atoms with E-state index < -0.39 is 0 Å². The van der Waals surface area contributed by atoms with Gasteiger partial charge in [0.05, 0.1) is 24.0 Å². The van der Waals surface area contributed by atoms with Gasteiger partial charge in [0.15, 0.2) is 6.61 Å². The Labute approximate surface area is 187 Å². The standard InChI is InChI=1S/C26H26N4O2/c31-26(18-32-24-10-9-19-5-1-2-6-21(19)15-24)28-17-22-16-25(20-11-13-27-14-12-20)30(29-22)23-7-3-4-8-23/h1-2,5-6,9-16,23H,3-4,7-8,17-18H2,(H,28,31). The van der Waals surface area contributed by atoms with Gasteiger partial charge in [0, 0.05) is 18.0 Å². The van der Waals surface area contributed by atoms with Crippen molar-refractivity contribution in [3.8, 4) is 17.0 Å². The van der Waals surface area contributed by atoms with Crippen LogP contribution in [-0.2, 0) is 11.3 Å². The Morgan fingerprint density at radius 1 is 1.00 bits per heavy atom. The van der Waals surface area contributed by atoms with E-state index in [1.807, 2.05) is 48.5 Å². The van der Waals surface area contributed by atoms with Crippen LogP contribution in [0.5, 0.6) is 5.75 Å². The van der Waals surface area contributed by atoms with Crippen LogP contribution >= 0.6 is 0 Å². The molecule has 0 saturated heterocycles. The van der Waals surface area contributed by atoms with Gasteiger partial charge in [-0.25, -0.2) is 0 Å². The van der Waals surface area contributed by atoms with Gasteiger partial charge in [-0.2, -0.15) is 5.10 Å². The van der Waals surface area contributed by atoms with Crippen LogP contribution < -0.4 is 10.1 Å². The van der Waals surface area contributed by atoms with Crippen molar-refractivity contribution in [1.29, 1.82) is 0 Å². The molecule has 1 N–H and O–H groups in total. The van der Waals surface area contributed by atoms with E-state index in [1.165, 1.54) is 12.8 Å². The zero-order valence-corrected chi connectivity index (χ0v) is 17.9. The molecule has 0 atom stereocenters. The fraction of sp³-hybridized carbons (Fsp3) is 0.269. The first-order valence-electron chi connectivity index (χ1n) is 11.1. The number of aromatic nitrogens is 3. The predicted molar refractivity (Wildman–Crippen MR) is 124 cm³/mol. The first kappa shape index (κ1) is 20.2. The molecule has 1 aliphatic carbocycles. The summed E-state index contributed by atoms with van der Waals surface area (Å²) in [6, 6.07) is 20.4. The Balaban J connectivity index is 1.23. The number of carbonyl (C=O) groups excluding carboxylic acids is 1. The average Bonchev–Trinajstić information content (AvgIpc) is 3.52. The highest BCUT2D eigenvalue weighted by atomic mass is 16.5. The summed E-state index contributed by atoms with van der Waals surface area (Å²) in [6.07, 6.45) is 8.35. The molecule has 2 heterocycles. The number of pyridine rings is 1. The van der Waals surface area contributed by atoms with Crippen molar-refractivity contribution in [2.75, 3.05) is 6.61 Å². The molecule has 2 aromatic carbocycles. The van der Waals surface area contributed by atoms with Gasteiger partial charge in [-0.3, -0.25) is 14.5 Å². The van der Waals surface area contributed by atoms with E-state index in [1.54, 1.807) is 12.4 Å². The molecule has 1 fully saturated rings. The van der Waals surface area contributed by atoms with Crippen LogP contribution in [0.1, 0.15) is 37.4 Å². The van der Waals surface area contributed by atoms with Gasteiger partial charge in [0.2, 0.25) is 0 Å². The molecule has 162 valence electrons. The minimum Gasteiger partial charge on any atom is -0.484 e. The highest BCUT2D eigenvalue weighted by molar-refractivity contribution is 5.84. The fourth-order valence-electron chi connectivity index (χ4n) is 4.34. The number of nitrogens with zero attached hydrogens (tertiary/aromatic N) is 3. The van der Waals surface area contributed by atoms with Gasteiger partial charge in [-0.05, 0) is 53.9 Å². The van der Waals surface area contributed by atoms with Crippen molar-refractivity contribution in [3.63, 3.8) is 0 Å². The van der Waals surface area contributed by atoms with Gasteiger partial charge in [-0.1, -0.05) is 43.2 Å². The highest BCUT2D eigenvalue weighted by Crippen LogP contribution is 2.33. The molecule has 0 spiro atoms. The van der Waals surface area contributed by atoms with Crippen LogP contribution in [0.4, 0.5) is 0 Å². The molecular weight excluding hydrogens is 400 g/mol. The zero-order valence-electron chi connectivity index (χ0n) is 17.9. The number of rotatable bonds is 7. The van der Waals surface area contributed by atoms with Crippen molar-refractivity contribution in [2.45, 2.75) is 38.3 Å². The third kappa shape index (κ3) is 4.49. The molecule has 4 aromatic rings. The van der Waals surface area contributed by atoms with Crippen LogP contribution in [0.3, 0.4) is 0 Å². The minimum atomic E-state index is -0.168. The predicted octanol–water partition coefficient (Wildman–Crippen LogP) is 4.91. The molecule has 5 rings (SSSR count).